The minimum Gasteiger partial charge on any atom is -0.467 e. The fourth-order valence-corrected chi connectivity index (χ4v) is 2.15. The van der Waals surface area contributed by atoms with Crippen LogP contribution in [0.25, 0.3) is 10.9 Å². The highest BCUT2D eigenvalue weighted by molar-refractivity contribution is 5.98. The summed E-state index contributed by atoms with van der Waals surface area (Å²) >= 11 is 0. The van der Waals surface area contributed by atoms with Crippen molar-refractivity contribution in [1.82, 2.24) is 10.3 Å². The van der Waals surface area contributed by atoms with Crippen molar-refractivity contribution in [2.45, 2.75) is 6.04 Å². The zero-order valence-corrected chi connectivity index (χ0v) is 11.2. The number of aliphatic hydroxyl groups excluding tert-OH is 1. The van der Waals surface area contributed by atoms with Gasteiger partial charge in [-0.2, -0.15) is 0 Å². The van der Waals surface area contributed by atoms with Gasteiger partial charge < -0.3 is 14.8 Å². The van der Waals surface area contributed by atoms with Crippen LogP contribution in [-0.2, 0) is 0 Å². The molecular weight excluding hydrogens is 268 g/mol. The second-order valence-electron chi connectivity index (χ2n) is 4.63. The maximum absolute atomic E-state index is 12.3. The Morgan fingerprint density at radius 3 is 2.95 bits per heavy atom. The molecule has 1 amide bonds. The summed E-state index contributed by atoms with van der Waals surface area (Å²) in [4.78, 5) is 16.5. The Morgan fingerprint density at radius 1 is 1.29 bits per heavy atom. The Hall–Kier alpha value is -2.66. The fourth-order valence-electron chi connectivity index (χ4n) is 2.15. The standard InChI is InChI=1S/C16H14N2O3/c19-10-14(15-4-2-8-21-15)18-16(20)12-5-6-13-11(9-12)3-1-7-17-13/h1-9,14,19H,10H2,(H,18,20). The summed E-state index contributed by atoms with van der Waals surface area (Å²) in [5, 5.41) is 13.0. The van der Waals surface area contributed by atoms with Crippen molar-refractivity contribution in [2.75, 3.05) is 6.61 Å². The number of aromatic nitrogens is 1. The summed E-state index contributed by atoms with van der Waals surface area (Å²) in [7, 11) is 0. The lowest BCUT2D eigenvalue weighted by Crippen LogP contribution is -2.30. The first kappa shape index (κ1) is 13.3. The number of nitrogens with one attached hydrogen (secondary N) is 1. The third-order valence-electron chi connectivity index (χ3n) is 3.24. The molecule has 0 radical (unpaired) electrons. The highest BCUT2D eigenvalue weighted by Gasteiger charge is 2.17. The molecule has 3 rings (SSSR count). The SMILES string of the molecule is O=C(NC(CO)c1ccco1)c1ccc2ncccc2c1. The van der Waals surface area contributed by atoms with Gasteiger partial charge in [0.05, 0.1) is 18.4 Å². The number of pyridine rings is 1. The van der Waals surface area contributed by atoms with E-state index >= 15 is 0 Å². The van der Waals surface area contributed by atoms with E-state index in [1.165, 1.54) is 6.26 Å². The number of hydrogen-bond donors (Lipinski definition) is 2. The topological polar surface area (TPSA) is 75.4 Å². The molecule has 2 N–H and O–H groups in total. The predicted molar refractivity (Wildman–Crippen MR) is 77.7 cm³/mol. The zero-order valence-electron chi connectivity index (χ0n) is 11.2. The molecular formula is C16H14N2O3. The van der Waals surface area contributed by atoms with Gasteiger partial charge in [0.2, 0.25) is 0 Å². The maximum atomic E-state index is 12.3. The lowest BCUT2D eigenvalue weighted by molar-refractivity contribution is 0.0907. The summed E-state index contributed by atoms with van der Waals surface area (Å²) in [6.45, 7) is -0.228. The monoisotopic (exact) mass is 282 g/mol. The molecule has 5 nitrogen and oxygen atoms in total. The summed E-state index contributed by atoms with van der Waals surface area (Å²) in [5.74, 6) is 0.254. The lowest BCUT2D eigenvalue weighted by Gasteiger charge is -2.14. The number of aliphatic hydroxyl groups is 1. The van der Waals surface area contributed by atoms with Crippen molar-refractivity contribution in [2.24, 2.45) is 0 Å². The Morgan fingerprint density at radius 2 is 2.19 bits per heavy atom. The van der Waals surface area contributed by atoms with Gasteiger partial charge in [-0.15, -0.1) is 0 Å². The number of rotatable bonds is 4. The molecule has 2 aromatic heterocycles. The van der Waals surface area contributed by atoms with E-state index < -0.39 is 6.04 Å². The quantitative estimate of drug-likeness (QED) is 0.770. The molecule has 106 valence electrons. The van der Waals surface area contributed by atoms with Crippen LogP contribution in [0.4, 0.5) is 0 Å². The van der Waals surface area contributed by atoms with E-state index in [9.17, 15) is 9.90 Å². The van der Waals surface area contributed by atoms with Gasteiger partial charge >= 0.3 is 0 Å². The van der Waals surface area contributed by atoms with E-state index in [0.717, 1.165) is 10.9 Å². The maximum Gasteiger partial charge on any atom is 0.251 e. The minimum absolute atomic E-state index is 0.228. The van der Waals surface area contributed by atoms with Crippen molar-refractivity contribution in [1.29, 1.82) is 0 Å². The first-order valence-electron chi connectivity index (χ1n) is 6.58. The molecule has 0 aliphatic rings. The Balaban J connectivity index is 1.83. The molecule has 0 saturated carbocycles. The number of carbonyl (C=O) groups excluding carboxylic acids is 1. The first-order chi connectivity index (χ1) is 10.3. The molecule has 5 heteroatoms. The van der Waals surface area contributed by atoms with E-state index in [2.05, 4.69) is 10.3 Å². The molecule has 0 fully saturated rings. The third-order valence-corrected chi connectivity index (χ3v) is 3.24. The van der Waals surface area contributed by atoms with Gasteiger partial charge in [-0.1, -0.05) is 6.07 Å². The highest BCUT2D eigenvalue weighted by atomic mass is 16.3. The minimum atomic E-state index is -0.558. The molecule has 0 bridgehead atoms. The Bertz CT molecular complexity index is 753. The summed E-state index contributed by atoms with van der Waals surface area (Å²) in [6, 6.07) is 11.9. The van der Waals surface area contributed by atoms with Crippen molar-refractivity contribution in [3.8, 4) is 0 Å². The van der Waals surface area contributed by atoms with E-state index in [-0.39, 0.29) is 12.5 Å². The average Bonchev–Trinajstić information content (AvgIpc) is 3.06. The molecule has 1 unspecified atom stereocenters. The molecule has 2 heterocycles. The van der Waals surface area contributed by atoms with Crippen LogP contribution in [0.5, 0.6) is 0 Å². The van der Waals surface area contributed by atoms with Gasteiger partial charge in [0.15, 0.2) is 0 Å². The smallest absolute Gasteiger partial charge is 0.251 e. The zero-order chi connectivity index (χ0) is 14.7. The fraction of sp³-hybridized carbons (Fsp3) is 0.125. The molecule has 21 heavy (non-hydrogen) atoms. The predicted octanol–water partition coefficient (Wildman–Crippen LogP) is 2.29. The molecule has 0 saturated heterocycles. The van der Waals surface area contributed by atoms with Crippen molar-refractivity contribution >= 4 is 16.8 Å². The molecule has 3 aromatic rings. The van der Waals surface area contributed by atoms with E-state index in [4.69, 9.17) is 4.42 Å². The van der Waals surface area contributed by atoms with Crippen molar-refractivity contribution in [3.63, 3.8) is 0 Å². The summed E-state index contributed by atoms with van der Waals surface area (Å²) in [5.41, 5.74) is 1.35. The largest absolute Gasteiger partial charge is 0.467 e. The summed E-state index contributed by atoms with van der Waals surface area (Å²) < 4.78 is 5.21. The van der Waals surface area contributed by atoms with E-state index in [1.54, 1.807) is 36.5 Å². The molecule has 1 aromatic carbocycles. The number of hydrogen-bond acceptors (Lipinski definition) is 4. The second kappa shape index (κ2) is 5.76. The number of carbonyl (C=O) groups is 1. The Labute approximate surface area is 121 Å². The van der Waals surface area contributed by atoms with Crippen LogP contribution in [0.15, 0.2) is 59.3 Å². The third kappa shape index (κ3) is 2.78. The van der Waals surface area contributed by atoms with Gasteiger partial charge in [0, 0.05) is 17.1 Å². The van der Waals surface area contributed by atoms with E-state index in [1.807, 2.05) is 12.1 Å². The average molecular weight is 282 g/mol. The van der Waals surface area contributed by atoms with Crippen LogP contribution < -0.4 is 5.32 Å². The van der Waals surface area contributed by atoms with Crippen LogP contribution in [0.2, 0.25) is 0 Å². The van der Waals surface area contributed by atoms with Crippen molar-refractivity contribution < 1.29 is 14.3 Å². The number of fused-ring (bicyclic) bond motifs is 1. The second-order valence-corrected chi connectivity index (χ2v) is 4.63. The lowest BCUT2D eigenvalue weighted by atomic mass is 10.1. The van der Waals surface area contributed by atoms with Crippen LogP contribution in [0.1, 0.15) is 22.2 Å². The van der Waals surface area contributed by atoms with Gasteiger partial charge in [0.25, 0.3) is 5.91 Å². The van der Waals surface area contributed by atoms with Gasteiger partial charge in [-0.05, 0) is 36.4 Å². The highest BCUT2D eigenvalue weighted by Crippen LogP contribution is 2.16. The molecule has 0 aliphatic carbocycles. The molecule has 1 atom stereocenters. The van der Waals surface area contributed by atoms with Crippen LogP contribution >= 0.6 is 0 Å². The van der Waals surface area contributed by atoms with Crippen molar-refractivity contribution in [3.05, 3.63) is 66.2 Å². The van der Waals surface area contributed by atoms with Crippen LogP contribution in [0.3, 0.4) is 0 Å². The Kier molecular flexibility index (Phi) is 3.66. The van der Waals surface area contributed by atoms with Gasteiger partial charge in [0.1, 0.15) is 11.8 Å². The van der Waals surface area contributed by atoms with Crippen LogP contribution in [0, 0.1) is 0 Å². The number of furan rings is 1. The normalized spacial score (nSPS) is 12.2. The van der Waals surface area contributed by atoms with Gasteiger partial charge in [-0.3, -0.25) is 9.78 Å². The van der Waals surface area contributed by atoms with Gasteiger partial charge in [-0.25, -0.2) is 0 Å². The molecule has 0 spiro atoms. The molecule has 0 aliphatic heterocycles. The number of benzene rings is 1. The number of amides is 1. The van der Waals surface area contributed by atoms with Crippen LogP contribution in [-0.4, -0.2) is 22.6 Å². The van der Waals surface area contributed by atoms with E-state index in [0.29, 0.717) is 11.3 Å². The number of nitrogens with zero attached hydrogens (tertiary/aromatic N) is 1. The summed E-state index contributed by atoms with van der Waals surface area (Å²) in [6.07, 6.45) is 3.21. The first-order valence-corrected chi connectivity index (χ1v) is 6.58.